The second-order valence-corrected chi connectivity index (χ2v) is 6.09. The fraction of sp³-hybridized carbons (Fsp3) is 0.368. The van der Waals surface area contributed by atoms with Gasteiger partial charge in [0.1, 0.15) is 0 Å². The standard InChI is InChI=1S/C19H26N2O2/c1-12(2)6-5-7-13(3)8-10-15-14(4)9-11-16(18(20)22)17(15)19(21)23/h6,8-9,11H,5,7,10H2,1-4H3,(H2,20,22)(H2,21,23). The van der Waals surface area contributed by atoms with E-state index in [1.807, 2.05) is 6.92 Å². The van der Waals surface area contributed by atoms with Gasteiger partial charge in [-0.05, 0) is 64.2 Å². The number of aryl methyl sites for hydroxylation is 1. The molecule has 1 aromatic carbocycles. The van der Waals surface area contributed by atoms with Gasteiger partial charge in [-0.25, -0.2) is 0 Å². The summed E-state index contributed by atoms with van der Waals surface area (Å²) in [4.78, 5) is 23.3. The Morgan fingerprint density at radius 1 is 1.04 bits per heavy atom. The predicted octanol–water partition coefficient (Wildman–Crippen LogP) is 3.43. The summed E-state index contributed by atoms with van der Waals surface area (Å²) >= 11 is 0. The minimum absolute atomic E-state index is 0.189. The van der Waals surface area contributed by atoms with Crippen molar-refractivity contribution in [2.45, 2.75) is 47.0 Å². The minimum atomic E-state index is -0.635. The van der Waals surface area contributed by atoms with E-state index >= 15 is 0 Å². The highest BCUT2D eigenvalue weighted by Gasteiger charge is 2.18. The van der Waals surface area contributed by atoms with Crippen molar-refractivity contribution in [3.63, 3.8) is 0 Å². The molecule has 4 N–H and O–H groups in total. The van der Waals surface area contributed by atoms with Gasteiger partial charge < -0.3 is 11.5 Å². The van der Waals surface area contributed by atoms with Crippen LogP contribution in [0.4, 0.5) is 0 Å². The molecule has 0 spiro atoms. The van der Waals surface area contributed by atoms with Gasteiger partial charge in [-0.2, -0.15) is 0 Å². The van der Waals surface area contributed by atoms with E-state index in [0.717, 1.165) is 24.0 Å². The van der Waals surface area contributed by atoms with Gasteiger partial charge in [-0.15, -0.1) is 0 Å². The van der Waals surface area contributed by atoms with Crippen molar-refractivity contribution in [2.24, 2.45) is 11.5 Å². The highest BCUT2D eigenvalue weighted by Crippen LogP contribution is 2.21. The molecule has 0 radical (unpaired) electrons. The first kappa shape index (κ1) is 18.7. The van der Waals surface area contributed by atoms with Crippen LogP contribution in [-0.4, -0.2) is 11.8 Å². The molecule has 0 fully saturated rings. The van der Waals surface area contributed by atoms with Crippen molar-refractivity contribution >= 4 is 11.8 Å². The molecule has 0 atom stereocenters. The number of benzene rings is 1. The van der Waals surface area contributed by atoms with E-state index in [1.54, 1.807) is 12.1 Å². The predicted molar refractivity (Wildman–Crippen MR) is 94.3 cm³/mol. The summed E-state index contributed by atoms with van der Waals surface area (Å²) in [5, 5.41) is 0. The van der Waals surface area contributed by atoms with Crippen LogP contribution in [0.5, 0.6) is 0 Å². The molecule has 0 aliphatic rings. The summed E-state index contributed by atoms with van der Waals surface area (Å²) in [6.45, 7) is 8.13. The number of hydrogen-bond acceptors (Lipinski definition) is 2. The van der Waals surface area contributed by atoms with Gasteiger partial charge in [0.15, 0.2) is 0 Å². The molecule has 0 aliphatic heterocycles. The van der Waals surface area contributed by atoms with Gasteiger partial charge >= 0.3 is 0 Å². The molecule has 23 heavy (non-hydrogen) atoms. The van der Waals surface area contributed by atoms with E-state index < -0.39 is 11.8 Å². The normalized spacial score (nSPS) is 11.2. The van der Waals surface area contributed by atoms with Crippen LogP contribution in [0.2, 0.25) is 0 Å². The Morgan fingerprint density at radius 3 is 2.22 bits per heavy atom. The van der Waals surface area contributed by atoms with Crippen LogP contribution in [0, 0.1) is 6.92 Å². The molecule has 124 valence electrons. The Bertz CT molecular complexity index is 666. The van der Waals surface area contributed by atoms with Crippen molar-refractivity contribution in [3.8, 4) is 0 Å². The molecule has 0 heterocycles. The number of hydrogen-bond donors (Lipinski definition) is 2. The Hall–Kier alpha value is -2.36. The minimum Gasteiger partial charge on any atom is -0.366 e. The van der Waals surface area contributed by atoms with Crippen LogP contribution in [0.3, 0.4) is 0 Å². The maximum Gasteiger partial charge on any atom is 0.249 e. The maximum atomic E-state index is 11.8. The van der Waals surface area contributed by atoms with Crippen LogP contribution >= 0.6 is 0 Å². The number of nitrogens with two attached hydrogens (primary N) is 2. The molecule has 0 unspecified atom stereocenters. The quantitative estimate of drug-likeness (QED) is 0.755. The third-order valence-corrected chi connectivity index (χ3v) is 3.80. The Kier molecular flexibility index (Phi) is 6.76. The average Bonchev–Trinajstić information content (AvgIpc) is 2.44. The highest BCUT2D eigenvalue weighted by atomic mass is 16.2. The zero-order chi connectivity index (χ0) is 17.6. The number of rotatable bonds is 7. The van der Waals surface area contributed by atoms with Crippen molar-refractivity contribution in [1.29, 1.82) is 0 Å². The number of amides is 2. The molecule has 1 rings (SSSR count). The Morgan fingerprint density at radius 2 is 1.70 bits per heavy atom. The molecule has 0 aliphatic carbocycles. The molecule has 0 aromatic heterocycles. The fourth-order valence-electron chi connectivity index (χ4n) is 2.47. The maximum absolute atomic E-state index is 11.8. The van der Waals surface area contributed by atoms with Crippen LogP contribution in [0.25, 0.3) is 0 Å². The first-order valence-corrected chi connectivity index (χ1v) is 7.75. The third kappa shape index (κ3) is 5.40. The first-order chi connectivity index (χ1) is 10.7. The smallest absolute Gasteiger partial charge is 0.249 e. The lowest BCUT2D eigenvalue weighted by Gasteiger charge is -2.12. The monoisotopic (exact) mass is 314 g/mol. The number of carbonyl (C=O) groups is 2. The second-order valence-electron chi connectivity index (χ2n) is 6.09. The second kappa shape index (κ2) is 8.32. The topological polar surface area (TPSA) is 86.2 Å². The molecular formula is C19H26N2O2. The first-order valence-electron chi connectivity index (χ1n) is 7.75. The molecular weight excluding hydrogens is 288 g/mol. The molecule has 0 bridgehead atoms. The summed E-state index contributed by atoms with van der Waals surface area (Å²) in [6.07, 6.45) is 6.80. The van der Waals surface area contributed by atoms with Gasteiger partial charge in [0.05, 0.1) is 11.1 Å². The molecule has 4 nitrogen and oxygen atoms in total. The summed E-state index contributed by atoms with van der Waals surface area (Å²) < 4.78 is 0. The highest BCUT2D eigenvalue weighted by molar-refractivity contribution is 6.07. The molecule has 2 amide bonds. The van der Waals surface area contributed by atoms with Crippen LogP contribution < -0.4 is 11.5 Å². The van der Waals surface area contributed by atoms with Gasteiger partial charge in [-0.3, -0.25) is 9.59 Å². The van der Waals surface area contributed by atoms with Crippen LogP contribution in [0.15, 0.2) is 35.4 Å². The summed E-state index contributed by atoms with van der Waals surface area (Å²) in [5.41, 5.74) is 15.5. The molecule has 4 heteroatoms. The van der Waals surface area contributed by atoms with E-state index in [2.05, 4.69) is 32.9 Å². The van der Waals surface area contributed by atoms with E-state index in [1.165, 1.54) is 11.1 Å². The van der Waals surface area contributed by atoms with E-state index in [9.17, 15) is 9.59 Å². The van der Waals surface area contributed by atoms with E-state index in [-0.39, 0.29) is 11.1 Å². The van der Waals surface area contributed by atoms with E-state index in [4.69, 9.17) is 11.5 Å². The van der Waals surface area contributed by atoms with E-state index in [0.29, 0.717) is 6.42 Å². The Labute approximate surface area is 138 Å². The molecule has 0 saturated carbocycles. The molecule has 1 aromatic rings. The van der Waals surface area contributed by atoms with Gasteiger partial charge in [0.25, 0.3) is 0 Å². The van der Waals surface area contributed by atoms with Crippen molar-refractivity contribution in [1.82, 2.24) is 0 Å². The summed E-state index contributed by atoms with van der Waals surface area (Å²) in [7, 11) is 0. The number of primary amides is 2. The van der Waals surface area contributed by atoms with Crippen molar-refractivity contribution in [2.75, 3.05) is 0 Å². The lowest BCUT2D eigenvalue weighted by atomic mass is 9.92. The summed E-state index contributed by atoms with van der Waals surface area (Å²) in [6, 6.07) is 3.36. The van der Waals surface area contributed by atoms with Crippen LogP contribution in [-0.2, 0) is 6.42 Å². The van der Waals surface area contributed by atoms with Crippen molar-refractivity contribution < 1.29 is 9.59 Å². The lowest BCUT2D eigenvalue weighted by molar-refractivity contribution is 0.0966. The zero-order valence-electron chi connectivity index (χ0n) is 14.4. The van der Waals surface area contributed by atoms with Gasteiger partial charge in [0, 0.05) is 0 Å². The number of carbonyl (C=O) groups excluding carboxylic acids is 2. The Balaban J connectivity index is 3.08. The average molecular weight is 314 g/mol. The largest absolute Gasteiger partial charge is 0.366 e. The third-order valence-electron chi connectivity index (χ3n) is 3.80. The lowest BCUT2D eigenvalue weighted by Crippen LogP contribution is -2.23. The van der Waals surface area contributed by atoms with Crippen LogP contribution in [0.1, 0.15) is 65.5 Å². The van der Waals surface area contributed by atoms with Crippen molar-refractivity contribution in [3.05, 3.63) is 57.7 Å². The fourth-order valence-corrected chi connectivity index (χ4v) is 2.47. The van der Waals surface area contributed by atoms with Gasteiger partial charge in [0.2, 0.25) is 11.8 Å². The summed E-state index contributed by atoms with van der Waals surface area (Å²) in [5.74, 6) is -1.25. The zero-order valence-corrected chi connectivity index (χ0v) is 14.4. The van der Waals surface area contributed by atoms with Gasteiger partial charge in [-0.1, -0.05) is 29.4 Å². The molecule has 0 saturated heterocycles. The number of allylic oxidation sites excluding steroid dienone is 4. The SMILES string of the molecule is CC(C)=CCCC(C)=CCc1c(C)ccc(C(N)=O)c1C(N)=O.